The molecule has 3 aromatic rings. The first kappa shape index (κ1) is 19.6. The second kappa shape index (κ2) is 9.15. The van der Waals surface area contributed by atoms with E-state index in [0.717, 1.165) is 39.9 Å². The minimum Gasteiger partial charge on any atom is -0.486 e. The van der Waals surface area contributed by atoms with Gasteiger partial charge < -0.3 is 9.64 Å². The Balaban J connectivity index is 1.63. The van der Waals surface area contributed by atoms with Gasteiger partial charge in [-0.2, -0.15) is 0 Å². The Kier molecular flexibility index (Phi) is 6.63. The summed E-state index contributed by atoms with van der Waals surface area (Å²) >= 11 is 3.06. The number of thiophene rings is 1. The van der Waals surface area contributed by atoms with Gasteiger partial charge in [-0.15, -0.1) is 22.7 Å². The number of carbonyl (C=O) groups excluding carboxylic acids is 1. The van der Waals surface area contributed by atoms with Gasteiger partial charge in [-0.3, -0.25) is 4.79 Å². The highest BCUT2D eigenvalue weighted by molar-refractivity contribution is 7.12. The molecule has 2 heterocycles. The van der Waals surface area contributed by atoms with Crippen molar-refractivity contribution in [3.05, 3.63) is 67.8 Å². The molecule has 2 aromatic heterocycles. The monoisotopic (exact) mass is 400 g/mol. The maximum absolute atomic E-state index is 12.7. The maximum Gasteiger partial charge on any atom is 0.264 e. The minimum absolute atomic E-state index is 0.0769. The van der Waals surface area contributed by atoms with E-state index < -0.39 is 0 Å². The smallest absolute Gasteiger partial charge is 0.264 e. The predicted molar refractivity (Wildman–Crippen MR) is 112 cm³/mol. The van der Waals surface area contributed by atoms with Gasteiger partial charge in [0, 0.05) is 11.9 Å². The number of rotatable bonds is 8. The Bertz CT molecular complexity index is 887. The van der Waals surface area contributed by atoms with Crippen LogP contribution in [0.3, 0.4) is 0 Å². The van der Waals surface area contributed by atoms with Gasteiger partial charge in [-0.05, 0) is 48.9 Å². The number of aryl methyl sites for hydroxylation is 1. The van der Waals surface area contributed by atoms with Crippen LogP contribution in [0.4, 0.5) is 0 Å². The first-order valence-corrected chi connectivity index (χ1v) is 10.8. The van der Waals surface area contributed by atoms with Crippen molar-refractivity contribution in [1.82, 2.24) is 9.88 Å². The molecule has 4 nitrogen and oxygen atoms in total. The van der Waals surface area contributed by atoms with E-state index in [2.05, 4.69) is 31.8 Å². The summed E-state index contributed by atoms with van der Waals surface area (Å²) in [5.74, 6) is 0.972. The minimum atomic E-state index is 0.0769. The van der Waals surface area contributed by atoms with Gasteiger partial charge in [-0.25, -0.2) is 4.98 Å². The molecule has 0 saturated carbocycles. The third kappa shape index (κ3) is 4.96. The van der Waals surface area contributed by atoms with Gasteiger partial charge in [0.1, 0.15) is 17.4 Å². The van der Waals surface area contributed by atoms with Crippen LogP contribution in [0.2, 0.25) is 0 Å². The summed E-state index contributed by atoms with van der Waals surface area (Å²) in [6.07, 6.45) is 0.920. The summed E-state index contributed by atoms with van der Waals surface area (Å²) in [5.41, 5.74) is 3.29. The first-order valence-electron chi connectivity index (χ1n) is 9.03. The van der Waals surface area contributed by atoms with E-state index in [1.165, 1.54) is 16.9 Å². The van der Waals surface area contributed by atoms with Crippen molar-refractivity contribution in [1.29, 1.82) is 0 Å². The zero-order valence-electron chi connectivity index (χ0n) is 15.9. The maximum atomic E-state index is 12.7. The lowest BCUT2D eigenvalue weighted by Crippen LogP contribution is -2.30. The molecule has 0 N–H and O–H groups in total. The van der Waals surface area contributed by atoms with Gasteiger partial charge in [-0.1, -0.05) is 25.1 Å². The number of ether oxygens (including phenoxy) is 1. The van der Waals surface area contributed by atoms with Crippen LogP contribution in [0.15, 0.2) is 41.1 Å². The van der Waals surface area contributed by atoms with Crippen molar-refractivity contribution < 1.29 is 9.53 Å². The second-order valence-electron chi connectivity index (χ2n) is 6.42. The molecule has 0 atom stereocenters. The van der Waals surface area contributed by atoms with E-state index in [1.54, 1.807) is 11.3 Å². The van der Waals surface area contributed by atoms with Gasteiger partial charge in [0.2, 0.25) is 0 Å². The molecular formula is C21H24N2O2S2. The molecule has 0 unspecified atom stereocenters. The van der Waals surface area contributed by atoms with E-state index in [0.29, 0.717) is 13.2 Å². The lowest BCUT2D eigenvalue weighted by Gasteiger charge is -2.20. The van der Waals surface area contributed by atoms with Crippen LogP contribution in [0.25, 0.3) is 0 Å². The topological polar surface area (TPSA) is 42.4 Å². The molecule has 27 heavy (non-hydrogen) atoms. The molecule has 142 valence electrons. The van der Waals surface area contributed by atoms with E-state index >= 15 is 0 Å². The predicted octanol–water partition coefficient (Wildman–Crippen LogP) is 5.45. The van der Waals surface area contributed by atoms with E-state index in [1.807, 2.05) is 39.9 Å². The molecule has 0 bridgehead atoms. The fraction of sp³-hybridized carbons (Fsp3) is 0.333. The van der Waals surface area contributed by atoms with Gasteiger partial charge >= 0.3 is 0 Å². The van der Waals surface area contributed by atoms with Crippen LogP contribution in [0, 0.1) is 13.8 Å². The highest BCUT2D eigenvalue weighted by Gasteiger charge is 2.17. The van der Waals surface area contributed by atoms with Crippen molar-refractivity contribution in [2.45, 2.75) is 40.3 Å². The SMILES string of the molecule is CCCN(Cc1csc(COc2cccc(C)c2C)n1)C(=O)c1cccs1. The molecule has 1 aromatic carbocycles. The Labute approximate surface area is 168 Å². The van der Waals surface area contributed by atoms with Crippen LogP contribution in [0.1, 0.15) is 44.8 Å². The zero-order valence-corrected chi connectivity index (χ0v) is 17.5. The van der Waals surface area contributed by atoms with Crippen molar-refractivity contribution in [3.63, 3.8) is 0 Å². The molecule has 0 radical (unpaired) electrons. The number of carbonyl (C=O) groups is 1. The summed E-state index contributed by atoms with van der Waals surface area (Å²) in [4.78, 5) is 20.0. The number of hydrogen-bond acceptors (Lipinski definition) is 5. The third-order valence-electron chi connectivity index (χ3n) is 4.37. The zero-order chi connectivity index (χ0) is 19.2. The Morgan fingerprint density at radius 2 is 2.04 bits per heavy atom. The van der Waals surface area contributed by atoms with E-state index in [9.17, 15) is 4.79 Å². The van der Waals surface area contributed by atoms with Crippen LogP contribution in [0.5, 0.6) is 5.75 Å². The van der Waals surface area contributed by atoms with E-state index in [4.69, 9.17) is 4.74 Å². The Hall–Kier alpha value is -2.18. The molecule has 1 amide bonds. The number of amides is 1. The van der Waals surface area contributed by atoms with Crippen molar-refractivity contribution in [3.8, 4) is 5.75 Å². The summed E-state index contributed by atoms with van der Waals surface area (Å²) in [5, 5.41) is 4.88. The van der Waals surface area contributed by atoms with Crippen molar-refractivity contribution >= 4 is 28.6 Å². The number of benzene rings is 1. The summed E-state index contributed by atoms with van der Waals surface area (Å²) in [6, 6.07) is 9.85. The van der Waals surface area contributed by atoms with Gasteiger partial charge in [0.25, 0.3) is 5.91 Å². The molecule has 0 spiro atoms. The number of aromatic nitrogens is 1. The summed E-state index contributed by atoms with van der Waals surface area (Å²) in [6.45, 7) is 7.93. The van der Waals surface area contributed by atoms with Crippen LogP contribution in [-0.4, -0.2) is 22.3 Å². The Morgan fingerprint density at radius 3 is 2.78 bits per heavy atom. The summed E-state index contributed by atoms with van der Waals surface area (Å²) in [7, 11) is 0. The highest BCUT2D eigenvalue weighted by atomic mass is 32.1. The lowest BCUT2D eigenvalue weighted by atomic mass is 10.1. The van der Waals surface area contributed by atoms with E-state index in [-0.39, 0.29) is 5.91 Å². The van der Waals surface area contributed by atoms with Crippen molar-refractivity contribution in [2.75, 3.05) is 6.54 Å². The summed E-state index contributed by atoms with van der Waals surface area (Å²) < 4.78 is 5.94. The molecule has 0 aliphatic carbocycles. The standard InChI is InChI=1S/C21H24N2O2S2/c1-4-10-23(21(24)19-9-6-11-26-19)12-17-14-27-20(22-17)13-25-18-8-5-7-15(2)16(18)3/h5-9,11,14H,4,10,12-13H2,1-3H3. The highest BCUT2D eigenvalue weighted by Crippen LogP contribution is 2.23. The molecule has 0 saturated heterocycles. The molecule has 0 aliphatic heterocycles. The Morgan fingerprint density at radius 1 is 1.19 bits per heavy atom. The molecule has 3 rings (SSSR count). The average molecular weight is 401 g/mol. The quantitative estimate of drug-likeness (QED) is 0.505. The molecular weight excluding hydrogens is 376 g/mol. The van der Waals surface area contributed by atoms with Gasteiger partial charge in [0.05, 0.1) is 17.1 Å². The normalized spacial score (nSPS) is 10.8. The number of thiazole rings is 1. The molecule has 0 fully saturated rings. The van der Waals surface area contributed by atoms with Gasteiger partial charge in [0.15, 0.2) is 0 Å². The lowest BCUT2D eigenvalue weighted by molar-refractivity contribution is 0.0746. The third-order valence-corrected chi connectivity index (χ3v) is 6.10. The fourth-order valence-electron chi connectivity index (χ4n) is 2.78. The van der Waals surface area contributed by atoms with Crippen molar-refractivity contribution in [2.24, 2.45) is 0 Å². The molecule has 6 heteroatoms. The first-order chi connectivity index (χ1) is 13.1. The average Bonchev–Trinajstić information content (AvgIpc) is 3.34. The van der Waals surface area contributed by atoms with Crippen LogP contribution < -0.4 is 4.74 Å². The number of nitrogens with zero attached hydrogens (tertiary/aromatic N) is 2. The number of hydrogen-bond donors (Lipinski definition) is 0. The fourth-order valence-corrected chi connectivity index (χ4v) is 4.17. The molecule has 0 aliphatic rings. The van der Waals surface area contributed by atoms with Crippen LogP contribution >= 0.6 is 22.7 Å². The second-order valence-corrected chi connectivity index (χ2v) is 8.31. The van der Waals surface area contributed by atoms with Crippen LogP contribution in [-0.2, 0) is 13.2 Å². The largest absolute Gasteiger partial charge is 0.486 e.